The highest BCUT2D eigenvalue weighted by atomic mass is 35.5. The van der Waals surface area contributed by atoms with Crippen LogP contribution >= 0.6 is 11.6 Å². The highest BCUT2D eigenvalue weighted by Gasteiger charge is 2.61. The monoisotopic (exact) mass is 548 g/mol. The van der Waals surface area contributed by atoms with E-state index >= 15 is 0 Å². The molecule has 13 heteroatoms. The average molecular weight is 549 g/mol. The van der Waals surface area contributed by atoms with E-state index in [4.69, 9.17) is 11.6 Å². The molecule has 1 aliphatic carbocycles. The van der Waals surface area contributed by atoms with Gasteiger partial charge in [0.25, 0.3) is 0 Å². The van der Waals surface area contributed by atoms with Gasteiger partial charge >= 0.3 is 12.2 Å². The second kappa shape index (κ2) is 10.4. The number of hydrogen-bond acceptors (Lipinski definition) is 5. The molecule has 204 valence electrons. The van der Waals surface area contributed by atoms with Gasteiger partial charge in [-0.3, -0.25) is 9.69 Å². The van der Waals surface area contributed by atoms with Crippen LogP contribution in [0.4, 0.5) is 28.0 Å². The number of aldehydes is 1. The molecular formula is C24H29ClF4N4O4. The van der Waals surface area contributed by atoms with Crippen molar-refractivity contribution in [3.63, 3.8) is 0 Å². The van der Waals surface area contributed by atoms with E-state index in [0.717, 1.165) is 24.5 Å². The molecule has 1 aromatic carbocycles. The second-order valence-electron chi connectivity index (χ2n) is 9.97. The zero-order valence-corrected chi connectivity index (χ0v) is 20.9. The molecule has 0 radical (unpaired) electrons. The lowest BCUT2D eigenvalue weighted by molar-refractivity contribution is -0.140. The zero-order chi connectivity index (χ0) is 27.1. The van der Waals surface area contributed by atoms with E-state index in [1.807, 2.05) is 4.90 Å². The third-order valence-corrected chi connectivity index (χ3v) is 8.13. The number of halogens is 5. The SMILES string of the molecule is C[C@H]1C(=O)N(CC[C@@H](C=O)N2CC[C@]3(C[C@@H]3F)[C@H](O)C2)CCN1C(=O)Nc1ccc(C(F)(F)F)c(Cl)c1. The maximum absolute atomic E-state index is 13.7. The number of alkyl halides is 4. The minimum atomic E-state index is -4.62. The van der Waals surface area contributed by atoms with Crippen LogP contribution < -0.4 is 5.32 Å². The second-order valence-corrected chi connectivity index (χ2v) is 10.4. The van der Waals surface area contributed by atoms with Crippen molar-refractivity contribution < 1.29 is 37.1 Å². The maximum atomic E-state index is 13.7. The molecule has 1 saturated carbocycles. The van der Waals surface area contributed by atoms with Crippen LogP contribution in [0.25, 0.3) is 0 Å². The molecule has 2 aliphatic heterocycles. The van der Waals surface area contributed by atoms with Crippen molar-refractivity contribution in [2.75, 3.05) is 38.0 Å². The largest absolute Gasteiger partial charge is 0.417 e. The maximum Gasteiger partial charge on any atom is 0.417 e. The molecule has 1 aromatic rings. The number of likely N-dealkylation sites (tertiary alicyclic amines) is 1. The third kappa shape index (κ3) is 5.56. The highest BCUT2D eigenvalue weighted by molar-refractivity contribution is 6.31. The van der Waals surface area contributed by atoms with E-state index in [9.17, 15) is 37.1 Å². The molecule has 0 aromatic heterocycles. The number of rotatable bonds is 6. The summed E-state index contributed by atoms with van der Waals surface area (Å²) in [5.41, 5.74) is -1.62. The predicted molar refractivity (Wildman–Crippen MR) is 127 cm³/mol. The molecule has 0 bridgehead atoms. The molecule has 3 fully saturated rings. The Labute approximate surface area is 216 Å². The number of piperazine rings is 1. The van der Waals surface area contributed by atoms with E-state index in [-0.39, 0.29) is 37.8 Å². The van der Waals surface area contributed by atoms with Gasteiger partial charge in [-0.05, 0) is 50.9 Å². The van der Waals surface area contributed by atoms with Crippen LogP contribution in [-0.2, 0) is 15.8 Å². The molecule has 8 nitrogen and oxygen atoms in total. The van der Waals surface area contributed by atoms with Crippen LogP contribution in [0.1, 0.15) is 31.7 Å². The van der Waals surface area contributed by atoms with Gasteiger partial charge in [0.15, 0.2) is 0 Å². The Morgan fingerprint density at radius 1 is 1.32 bits per heavy atom. The number of piperidine rings is 1. The standard InChI is InChI=1S/C24H29ClF4N4O4/c1-14-21(36)31(6-4-16(13-34)32-7-5-23(11-19(23)26)20(35)12-32)8-9-33(14)22(37)30-15-2-3-17(18(25)10-15)24(27,28)29/h2-3,10,13-14,16,19-20,35H,4-9,11-12H2,1H3,(H,30,37)/t14-,16-,19-,20+,23+/m0/s1. The number of nitrogens with zero attached hydrogens (tertiary/aromatic N) is 3. The summed E-state index contributed by atoms with van der Waals surface area (Å²) in [7, 11) is 0. The van der Waals surface area contributed by atoms with Crippen molar-refractivity contribution in [1.82, 2.24) is 14.7 Å². The summed E-state index contributed by atoms with van der Waals surface area (Å²) in [6.45, 7) is 2.91. The molecule has 2 saturated heterocycles. The summed E-state index contributed by atoms with van der Waals surface area (Å²) < 4.78 is 52.4. The first kappa shape index (κ1) is 27.6. The summed E-state index contributed by atoms with van der Waals surface area (Å²) in [5, 5.41) is 12.3. The number of β-amino-alcohol motifs (C(OH)–C–C–N with tert-alkyl or cyclic N) is 1. The van der Waals surface area contributed by atoms with Gasteiger partial charge in [0, 0.05) is 37.3 Å². The zero-order valence-electron chi connectivity index (χ0n) is 20.2. The number of benzene rings is 1. The Kier molecular flexibility index (Phi) is 7.74. The fourth-order valence-corrected chi connectivity index (χ4v) is 5.55. The number of aliphatic hydroxyl groups is 1. The summed E-state index contributed by atoms with van der Waals surface area (Å²) in [6.07, 6.45) is -4.51. The fraction of sp³-hybridized carbons (Fsp3) is 0.625. The van der Waals surface area contributed by atoms with E-state index in [1.54, 1.807) is 11.8 Å². The Morgan fingerprint density at radius 2 is 2.03 bits per heavy atom. The lowest BCUT2D eigenvalue weighted by Crippen LogP contribution is -2.59. The number of amides is 3. The molecule has 2 N–H and O–H groups in total. The van der Waals surface area contributed by atoms with E-state index in [1.165, 1.54) is 4.90 Å². The van der Waals surface area contributed by atoms with Gasteiger partial charge in [-0.2, -0.15) is 13.2 Å². The van der Waals surface area contributed by atoms with Crippen LogP contribution in [-0.4, -0.2) is 95.1 Å². The number of nitrogens with one attached hydrogen (secondary N) is 1. The van der Waals surface area contributed by atoms with Crippen molar-refractivity contribution in [3.05, 3.63) is 28.8 Å². The summed E-state index contributed by atoms with van der Waals surface area (Å²) >= 11 is 5.71. The Hall–Kier alpha value is -2.44. The molecule has 37 heavy (non-hydrogen) atoms. The lowest BCUT2D eigenvalue weighted by atomic mass is 9.89. The Balaban J connectivity index is 1.30. The minimum absolute atomic E-state index is 0.0645. The molecule has 0 unspecified atom stereocenters. The van der Waals surface area contributed by atoms with Gasteiger partial charge in [0.2, 0.25) is 5.91 Å². The molecule has 2 heterocycles. The molecule has 3 aliphatic rings. The van der Waals surface area contributed by atoms with Crippen molar-refractivity contribution in [2.45, 2.75) is 56.7 Å². The number of hydrogen-bond donors (Lipinski definition) is 2. The van der Waals surface area contributed by atoms with Crippen LogP contribution in [0.3, 0.4) is 0 Å². The number of carbonyl (C=O) groups excluding carboxylic acids is 3. The first-order chi connectivity index (χ1) is 17.4. The van der Waals surface area contributed by atoms with Crippen molar-refractivity contribution in [1.29, 1.82) is 0 Å². The Bertz CT molecular complexity index is 1060. The molecule has 4 rings (SSSR count). The number of aliphatic hydroxyl groups excluding tert-OH is 1. The average Bonchev–Trinajstić information content (AvgIpc) is 3.48. The normalized spacial score (nSPS) is 29.4. The van der Waals surface area contributed by atoms with Crippen LogP contribution in [0.5, 0.6) is 0 Å². The van der Waals surface area contributed by atoms with E-state index in [2.05, 4.69) is 5.32 Å². The quantitative estimate of drug-likeness (QED) is 0.421. The van der Waals surface area contributed by atoms with E-state index in [0.29, 0.717) is 25.8 Å². The minimum Gasteiger partial charge on any atom is -0.391 e. The van der Waals surface area contributed by atoms with Gasteiger partial charge in [-0.15, -0.1) is 0 Å². The van der Waals surface area contributed by atoms with Gasteiger partial charge in [0.05, 0.1) is 22.7 Å². The van der Waals surface area contributed by atoms with Crippen molar-refractivity contribution in [3.8, 4) is 0 Å². The topological polar surface area (TPSA) is 93.2 Å². The highest BCUT2D eigenvalue weighted by Crippen LogP contribution is 2.56. The summed E-state index contributed by atoms with van der Waals surface area (Å²) in [6, 6.07) is 0.852. The number of anilines is 1. The van der Waals surface area contributed by atoms with Gasteiger partial charge in [0.1, 0.15) is 18.5 Å². The van der Waals surface area contributed by atoms with Gasteiger partial charge < -0.3 is 25.0 Å². The lowest BCUT2D eigenvalue weighted by Gasteiger charge is -2.41. The van der Waals surface area contributed by atoms with Gasteiger partial charge in [-0.1, -0.05) is 11.6 Å². The third-order valence-electron chi connectivity index (χ3n) is 7.81. The number of urea groups is 1. The first-order valence-electron chi connectivity index (χ1n) is 12.1. The fourth-order valence-electron chi connectivity index (χ4n) is 5.27. The predicted octanol–water partition coefficient (Wildman–Crippen LogP) is 3.18. The van der Waals surface area contributed by atoms with Gasteiger partial charge in [-0.25, -0.2) is 9.18 Å². The van der Waals surface area contributed by atoms with E-state index < -0.39 is 52.6 Å². The van der Waals surface area contributed by atoms with Crippen LogP contribution in [0, 0.1) is 5.41 Å². The Morgan fingerprint density at radius 3 is 2.59 bits per heavy atom. The first-order valence-corrected chi connectivity index (χ1v) is 12.5. The van der Waals surface area contributed by atoms with Crippen molar-refractivity contribution in [2.24, 2.45) is 5.41 Å². The van der Waals surface area contributed by atoms with Crippen LogP contribution in [0.2, 0.25) is 5.02 Å². The smallest absolute Gasteiger partial charge is 0.391 e. The molecule has 1 spiro atoms. The van der Waals surface area contributed by atoms with Crippen LogP contribution in [0.15, 0.2) is 18.2 Å². The molecule has 5 atom stereocenters. The van der Waals surface area contributed by atoms with Crippen molar-refractivity contribution >= 4 is 35.5 Å². The summed E-state index contributed by atoms with van der Waals surface area (Å²) in [4.78, 5) is 42.1. The molecular weight excluding hydrogens is 520 g/mol. The molecule has 3 amide bonds. The summed E-state index contributed by atoms with van der Waals surface area (Å²) in [5.74, 6) is -0.326. The number of carbonyl (C=O) groups is 3.